The van der Waals surface area contributed by atoms with Crippen molar-refractivity contribution in [3.63, 3.8) is 0 Å². The molecule has 0 N–H and O–H groups in total. The van der Waals surface area contributed by atoms with Crippen LogP contribution < -0.4 is 4.74 Å². The zero-order chi connectivity index (χ0) is 10.6. The highest BCUT2D eigenvalue weighted by atomic mass is 16.5. The molecule has 0 bridgehead atoms. The topological polar surface area (TPSA) is 26.3 Å². The molecule has 0 saturated heterocycles. The van der Waals surface area contributed by atoms with Crippen LogP contribution in [0.25, 0.3) is 0 Å². The largest absolute Gasteiger partial charge is 0.480 e. The van der Waals surface area contributed by atoms with Crippen molar-refractivity contribution < 1.29 is 9.53 Å². The second-order valence-corrected chi connectivity index (χ2v) is 3.05. The molecule has 0 amide bonds. The predicted octanol–water partition coefficient (Wildman–Crippen LogP) is 2.21. The molecule has 1 rings (SSSR count). The smallest absolute Gasteiger partial charge is 0.163 e. The third kappa shape index (κ3) is 2.37. The number of aryl methyl sites for hydroxylation is 1. The maximum atomic E-state index is 11.2. The van der Waals surface area contributed by atoms with E-state index >= 15 is 0 Å². The number of terminal acetylenes is 1. The normalized spacial score (nSPS) is 9.21. The van der Waals surface area contributed by atoms with E-state index in [-0.39, 0.29) is 12.4 Å². The summed E-state index contributed by atoms with van der Waals surface area (Å²) < 4.78 is 5.27. The molecule has 0 aromatic heterocycles. The van der Waals surface area contributed by atoms with E-state index in [0.717, 1.165) is 5.56 Å². The van der Waals surface area contributed by atoms with Crippen molar-refractivity contribution in [1.82, 2.24) is 0 Å². The Balaban J connectivity index is 3.04. The minimum Gasteiger partial charge on any atom is -0.480 e. The summed E-state index contributed by atoms with van der Waals surface area (Å²) in [7, 11) is 0. The summed E-state index contributed by atoms with van der Waals surface area (Å²) in [5.41, 5.74) is 1.62. The van der Waals surface area contributed by atoms with Crippen molar-refractivity contribution in [2.24, 2.45) is 0 Å². The van der Waals surface area contributed by atoms with Crippen LogP contribution in [0.2, 0.25) is 0 Å². The SMILES string of the molecule is C#CCOc1cc(C)ccc1C(C)=O. The number of ether oxygens (including phenoxy) is 1. The Morgan fingerprint density at radius 2 is 2.29 bits per heavy atom. The van der Waals surface area contributed by atoms with Gasteiger partial charge in [-0.25, -0.2) is 0 Å². The lowest BCUT2D eigenvalue weighted by Crippen LogP contribution is -2.01. The van der Waals surface area contributed by atoms with Gasteiger partial charge in [0, 0.05) is 0 Å². The summed E-state index contributed by atoms with van der Waals surface area (Å²) in [6.07, 6.45) is 5.08. The summed E-state index contributed by atoms with van der Waals surface area (Å²) in [5, 5.41) is 0. The number of rotatable bonds is 3. The summed E-state index contributed by atoms with van der Waals surface area (Å²) in [6.45, 7) is 3.63. The van der Waals surface area contributed by atoms with Gasteiger partial charge in [0.15, 0.2) is 5.78 Å². The highest BCUT2D eigenvalue weighted by Crippen LogP contribution is 2.20. The van der Waals surface area contributed by atoms with Crippen LogP contribution in [0.3, 0.4) is 0 Å². The average Bonchev–Trinajstić information content (AvgIpc) is 2.14. The molecule has 1 aromatic rings. The van der Waals surface area contributed by atoms with Crippen LogP contribution in [0.1, 0.15) is 22.8 Å². The minimum atomic E-state index is -0.0166. The Bertz CT molecular complexity index is 386. The second kappa shape index (κ2) is 4.48. The number of ketones is 1. The molecule has 0 unspecified atom stereocenters. The Kier molecular flexibility index (Phi) is 3.30. The molecule has 0 aliphatic rings. The first-order valence-electron chi connectivity index (χ1n) is 4.33. The van der Waals surface area contributed by atoms with Gasteiger partial charge in [0.2, 0.25) is 0 Å². The fourth-order valence-electron chi connectivity index (χ4n) is 1.16. The molecule has 72 valence electrons. The van der Waals surface area contributed by atoms with Crippen molar-refractivity contribution in [2.75, 3.05) is 6.61 Å². The van der Waals surface area contributed by atoms with Gasteiger partial charge in [0.05, 0.1) is 5.56 Å². The number of hydrogen-bond donors (Lipinski definition) is 0. The van der Waals surface area contributed by atoms with Crippen LogP contribution in [0.5, 0.6) is 5.75 Å². The molecular formula is C12H12O2. The van der Waals surface area contributed by atoms with E-state index in [4.69, 9.17) is 11.2 Å². The van der Waals surface area contributed by atoms with Gasteiger partial charge in [-0.15, -0.1) is 6.42 Å². The zero-order valence-corrected chi connectivity index (χ0v) is 8.33. The molecule has 0 saturated carbocycles. The maximum Gasteiger partial charge on any atom is 0.163 e. The van der Waals surface area contributed by atoms with Crippen LogP contribution in [0, 0.1) is 19.3 Å². The number of Topliss-reactive ketones (excluding diaryl/α,β-unsaturated/α-hetero) is 1. The van der Waals surface area contributed by atoms with Crippen LogP contribution >= 0.6 is 0 Å². The first-order chi connectivity index (χ1) is 6.65. The van der Waals surface area contributed by atoms with Crippen LogP contribution in [-0.2, 0) is 0 Å². The molecule has 2 heteroatoms. The molecule has 0 aliphatic heterocycles. The van der Waals surface area contributed by atoms with E-state index < -0.39 is 0 Å². The van der Waals surface area contributed by atoms with Crippen molar-refractivity contribution in [1.29, 1.82) is 0 Å². The van der Waals surface area contributed by atoms with Crippen LogP contribution in [0.15, 0.2) is 18.2 Å². The van der Waals surface area contributed by atoms with Gasteiger partial charge in [-0.1, -0.05) is 12.0 Å². The molecule has 0 spiro atoms. The first kappa shape index (κ1) is 10.3. The third-order valence-corrected chi connectivity index (χ3v) is 1.83. The van der Waals surface area contributed by atoms with E-state index in [9.17, 15) is 4.79 Å². The number of benzene rings is 1. The molecule has 1 aromatic carbocycles. The molecule has 0 radical (unpaired) electrons. The second-order valence-electron chi connectivity index (χ2n) is 3.05. The Labute approximate surface area is 83.9 Å². The average molecular weight is 188 g/mol. The monoisotopic (exact) mass is 188 g/mol. The number of carbonyl (C=O) groups excluding carboxylic acids is 1. The molecule has 14 heavy (non-hydrogen) atoms. The van der Waals surface area contributed by atoms with Crippen molar-refractivity contribution in [3.05, 3.63) is 29.3 Å². The molecular weight excluding hydrogens is 176 g/mol. The fraction of sp³-hybridized carbons (Fsp3) is 0.250. The molecule has 0 fully saturated rings. The Morgan fingerprint density at radius 3 is 2.86 bits per heavy atom. The van der Waals surface area contributed by atoms with Gasteiger partial charge in [0.1, 0.15) is 12.4 Å². The summed E-state index contributed by atoms with van der Waals surface area (Å²) in [6, 6.07) is 5.44. The summed E-state index contributed by atoms with van der Waals surface area (Å²) in [5.74, 6) is 2.92. The number of hydrogen-bond acceptors (Lipinski definition) is 2. The highest BCUT2D eigenvalue weighted by molar-refractivity contribution is 5.96. The van der Waals surface area contributed by atoms with Crippen molar-refractivity contribution in [2.45, 2.75) is 13.8 Å². The standard InChI is InChI=1S/C12H12O2/c1-4-7-14-12-8-9(2)5-6-11(12)10(3)13/h1,5-6,8H,7H2,2-3H3. The van der Waals surface area contributed by atoms with Crippen LogP contribution in [-0.4, -0.2) is 12.4 Å². The van der Waals surface area contributed by atoms with E-state index in [1.807, 2.05) is 19.1 Å². The lowest BCUT2D eigenvalue weighted by Gasteiger charge is -2.07. The van der Waals surface area contributed by atoms with Crippen molar-refractivity contribution in [3.8, 4) is 18.1 Å². The third-order valence-electron chi connectivity index (χ3n) is 1.83. The lowest BCUT2D eigenvalue weighted by atomic mass is 10.1. The fourth-order valence-corrected chi connectivity index (χ4v) is 1.16. The van der Waals surface area contributed by atoms with Gasteiger partial charge in [-0.3, -0.25) is 4.79 Å². The predicted molar refractivity (Wildman–Crippen MR) is 55.5 cm³/mol. The van der Waals surface area contributed by atoms with E-state index in [1.54, 1.807) is 6.07 Å². The van der Waals surface area contributed by atoms with Crippen LogP contribution in [0.4, 0.5) is 0 Å². The summed E-state index contributed by atoms with van der Waals surface area (Å²) in [4.78, 5) is 11.2. The molecule has 0 aliphatic carbocycles. The van der Waals surface area contributed by atoms with Gasteiger partial charge < -0.3 is 4.74 Å². The maximum absolute atomic E-state index is 11.2. The Morgan fingerprint density at radius 1 is 1.57 bits per heavy atom. The Hall–Kier alpha value is -1.75. The quantitative estimate of drug-likeness (QED) is 0.537. The highest BCUT2D eigenvalue weighted by Gasteiger charge is 2.07. The van der Waals surface area contributed by atoms with E-state index in [0.29, 0.717) is 11.3 Å². The molecule has 2 nitrogen and oxygen atoms in total. The van der Waals surface area contributed by atoms with Gasteiger partial charge in [-0.05, 0) is 31.5 Å². The van der Waals surface area contributed by atoms with Gasteiger partial charge in [-0.2, -0.15) is 0 Å². The first-order valence-corrected chi connectivity index (χ1v) is 4.33. The van der Waals surface area contributed by atoms with Gasteiger partial charge >= 0.3 is 0 Å². The van der Waals surface area contributed by atoms with E-state index in [1.165, 1.54) is 6.92 Å². The lowest BCUT2D eigenvalue weighted by molar-refractivity contribution is 0.101. The minimum absolute atomic E-state index is 0.0166. The van der Waals surface area contributed by atoms with E-state index in [2.05, 4.69) is 5.92 Å². The molecule has 0 atom stereocenters. The van der Waals surface area contributed by atoms with Gasteiger partial charge in [0.25, 0.3) is 0 Å². The molecule has 0 heterocycles. The number of carbonyl (C=O) groups is 1. The summed E-state index contributed by atoms with van der Waals surface area (Å²) >= 11 is 0. The van der Waals surface area contributed by atoms with Crippen molar-refractivity contribution >= 4 is 5.78 Å². The zero-order valence-electron chi connectivity index (χ0n) is 8.33.